The molecular weight excluding hydrogens is 806 g/mol. The molecular formula is C62H44FN3. The highest BCUT2D eigenvalue weighted by Crippen LogP contribution is 2.45. The lowest BCUT2D eigenvalue weighted by molar-refractivity contribution is 0.627. The SMILES string of the molecule is Fc1ccc(-n2c(-c3ccccc3)c(-c3ccccc3)c3cc(-c4ccc(N(c5ccc(-c6ccccc6)cc5)c5ccc(N(c6ccccc6)c6ccccc6)cc5)cc4)ccc32)cc1. The zero-order valence-electron chi connectivity index (χ0n) is 36.1. The van der Waals surface area contributed by atoms with E-state index in [1.165, 1.54) is 23.3 Å². The predicted octanol–water partition coefficient (Wildman–Crippen LogP) is 17.4. The van der Waals surface area contributed by atoms with Gasteiger partial charge in [0.1, 0.15) is 5.82 Å². The van der Waals surface area contributed by atoms with Crippen LogP contribution in [0.5, 0.6) is 0 Å². The first-order valence-electron chi connectivity index (χ1n) is 22.3. The van der Waals surface area contributed by atoms with Gasteiger partial charge in [-0.05, 0) is 143 Å². The van der Waals surface area contributed by atoms with Crippen molar-refractivity contribution in [3.63, 3.8) is 0 Å². The fourth-order valence-electron chi connectivity index (χ4n) is 9.13. The van der Waals surface area contributed by atoms with Crippen LogP contribution in [-0.4, -0.2) is 4.57 Å². The summed E-state index contributed by atoms with van der Waals surface area (Å²) in [6.07, 6.45) is 0. The maximum atomic E-state index is 14.4. The number of hydrogen-bond acceptors (Lipinski definition) is 2. The Morgan fingerprint density at radius 1 is 0.288 bits per heavy atom. The zero-order chi connectivity index (χ0) is 44.2. The Bertz CT molecular complexity index is 3310. The molecule has 0 atom stereocenters. The van der Waals surface area contributed by atoms with Crippen LogP contribution in [0.2, 0.25) is 0 Å². The second-order valence-electron chi connectivity index (χ2n) is 16.3. The Morgan fingerprint density at radius 3 is 1.11 bits per heavy atom. The van der Waals surface area contributed by atoms with Crippen LogP contribution in [0.25, 0.3) is 61.2 Å². The van der Waals surface area contributed by atoms with Gasteiger partial charge in [0.05, 0.1) is 11.2 Å². The first-order chi connectivity index (χ1) is 32.7. The Labute approximate surface area is 385 Å². The summed E-state index contributed by atoms with van der Waals surface area (Å²) in [5.74, 6) is -0.261. The van der Waals surface area contributed by atoms with Crippen molar-refractivity contribution in [2.24, 2.45) is 0 Å². The van der Waals surface area contributed by atoms with Crippen LogP contribution in [0.3, 0.4) is 0 Å². The molecule has 0 aliphatic rings. The second kappa shape index (κ2) is 17.8. The van der Waals surface area contributed by atoms with Crippen molar-refractivity contribution in [2.75, 3.05) is 9.80 Å². The Kier molecular flexibility index (Phi) is 10.8. The summed E-state index contributed by atoms with van der Waals surface area (Å²) in [5, 5.41) is 1.12. The van der Waals surface area contributed by atoms with E-state index < -0.39 is 0 Å². The van der Waals surface area contributed by atoms with Crippen LogP contribution in [0, 0.1) is 5.82 Å². The van der Waals surface area contributed by atoms with E-state index in [2.05, 4.69) is 251 Å². The monoisotopic (exact) mass is 849 g/mol. The highest BCUT2D eigenvalue weighted by atomic mass is 19.1. The minimum atomic E-state index is -0.261. The van der Waals surface area contributed by atoms with Gasteiger partial charge in [-0.2, -0.15) is 0 Å². The van der Waals surface area contributed by atoms with Crippen molar-refractivity contribution in [3.05, 3.63) is 273 Å². The number of halogens is 1. The lowest BCUT2D eigenvalue weighted by Gasteiger charge is -2.28. The summed E-state index contributed by atoms with van der Waals surface area (Å²) in [4.78, 5) is 4.61. The molecule has 0 amide bonds. The van der Waals surface area contributed by atoms with E-state index in [-0.39, 0.29) is 5.82 Å². The average Bonchev–Trinajstić information content (AvgIpc) is 3.74. The maximum Gasteiger partial charge on any atom is 0.123 e. The molecule has 66 heavy (non-hydrogen) atoms. The van der Waals surface area contributed by atoms with E-state index in [9.17, 15) is 4.39 Å². The first-order valence-corrected chi connectivity index (χ1v) is 22.3. The summed E-state index contributed by atoms with van der Waals surface area (Å²) in [6.45, 7) is 0. The molecule has 0 bridgehead atoms. The molecule has 314 valence electrons. The zero-order valence-corrected chi connectivity index (χ0v) is 36.1. The number of anilines is 6. The number of benzene rings is 10. The lowest BCUT2D eigenvalue weighted by atomic mass is 9.96. The van der Waals surface area contributed by atoms with Gasteiger partial charge in [0.15, 0.2) is 0 Å². The van der Waals surface area contributed by atoms with Crippen LogP contribution >= 0.6 is 0 Å². The van der Waals surface area contributed by atoms with Gasteiger partial charge in [0.2, 0.25) is 0 Å². The molecule has 0 spiro atoms. The maximum absolute atomic E-state index is 14.4. The van der Waals surface area contributed by atoms with E-state index in [1.807, 2.05) is 18.2 Å². The normalized spacial score (nSPS) is 11.1. The third-order valence-corrected chi connectivity index (χ3v) is 12.2. The standard InChI is InChI=1S/C62H44FN3/c63-51-31-37-58(38-32-51)66-60-43-30-50(44-59(60)61(48-18-8-2-9-19-48)62(66)49-20-10-3-11-21-49)47-28-35-55(36-29-47)65(54-33-26-46(27-34-54)45-16-6-1-7-17-45)57-41-39-56(40-42-57)64(52-22-12-4-13-23-52)53-24-14-5-15-25-53/h1-44H. The number of fused-ring (bicyclic) bond motifs is 1. The minimum absolute atomic E-state index is 0.261. The van der Waals surface area contributed by atoms with E-state index in [1.54, 1.807) is 0 Å². The minimum Gasteiger partial charge on any atom is -0.311 e. The Hall–Kier alpha value is -8.73. The van der Waals surface area contributed by atoms with E-state index in [4.69, 9.17) is 0 Å². The smallest absolute Gasteiger partial charge is 0.123 e. The summed E-state index contributed by atoms with van der Waals surface area (Å²) >= 11 is 0. The molecule has 0 N–H and O–H groups in total. The highest BCUT2D eigenvalue weighted by molar-refractivity contribution is 6.07. The lowest BCUT2D eigenvalue weighted by Crippen LogP contribution is -2.12. The molecule has 0 saturated heterocycles. The summed E-state index contributed by atoms with van der Waals surface area (Å²) in [5.41, 5.74) is 17.3. The molecule has 0 unspecified atom stereocenters. The topological polar surface area (TPSA) is 11.4 Å². The number of aromatic nitrogens is 1. The molecule has 1 aromatic heterocycles. The fraction of sp³-hybridized carbons (Fsp3) is 0. The van der Waals surface area contributed by atoms with E-state index in [0.29, 0.717) is 0 Å². The van der Waals surface area contributed by atoms with Crippen LogP contribution in [0.4, 0.5) is 38.5 Å². The van der Waals surface area contributed by atoms with Crippen molar-refractivity contribution in [1.29, 1.82) is 0 Å². The number of hydrogen-bond donors (Lipinski definition) is 0. The highest BCUT2D eigenvalue weighted by Gasteiger charge is 2.23. The molecule has 10 aromatic carbocycles. The quantitative estimate of drug-likeness (QED) is 0.128. The van der Waals surface area contributed by atoms with Crippen LogP contribution in [0.1, 0.15) is 0 Å². The van der Waals surface area contributed by atoms with Crippen molar-refractivity contribution in [3.8, 4) is 50.3 Å². The summed E-state index contributed by atoms with van der Waals surface area (Å²) in [6, 6.07) is 92.6. The molecule has 1 heterocycles. The van der Waals surface area contributed by atoms with Gasteiger partial charge in [0, 0.05) is 50.8 Å². The molecule has 0 radical (unpaired) electrons. The number of nitrogens with zero attached hydrogens (tertiary/aromatic N) is 3. The molecule has 3 nitrogen and oxygen atoms in total. The average molecular weight is 850 g/mol. The van der Waals surface area contributed by atoms with Crippen LogP contribution in [-0.2, 0) is 0 Å². The third kappa shape index (κ3) is 7.82. The van der Waals surface area contributed by atoms with Gasteiger partial charge < -0.3 is 14.4 Å². The second-order valence-corrected chi connectivity index (χ2v) is 16.3. The van der Waals surface area contributed by atoms with Gasteiger partial charge in [-0.25, -0.2) is 4.39 Å². The van der Waals surface area contributed by atoms with Gasteiger partial charge in [-0.15, -0.1) is 0 Å². The van der Waals surface area contributed by atoms with Crippen molar-refractivity contribution < 1.29 is 4.39 Å². The first kappa shape index (κ1) is 40.1. The van der Waals surface area contributed by atoms with Gasteiger partial charge >= 0.3 is 0 Å². The largest absolute Gasteiger partial charge is 0.311 e. The van der Waals surface area contributed by atoms with Crippen LogP contribution < -0.4 is 9.80 Å². The molecule has 11 rings (SSSR count). The molecule has 0 aliphatic heterocycles. The van der Waals surface area contributed by atoms with Crippen molar-refractivity contribution >= 4 is 45.0 Å². The van der Waals surface area contributed by atoms with Crippen molar-refractivity contribution in [1.82, 2.24) is 4.57 Å². The van der Waals surface area contributed by atoms with E-state index >= 15 is 0 Å². The molecule has 0 aliphatic carbocycles. The van der Waals surface area contributed by atoms with Crippen LogP contribution in [0.15, 0.2) is 267 Å². The molecule has 4 heteroatoms. The van der Waals surface area contributed by atoms with Gasteiger partial charge in [0.25, 0.3) is 0 Å². The van der Waals surface area contributed by atoms with Gasteiger partial charge in [-0.3, -0.25) is 0 Å². The summed E-state index contributed by atoms with van der Waals surface area (Å²) < 4.78 is 16.6. The van der Waals surface area contributed by atoms with E-state index in [0.717, 1.165) is 84.2 Å². The summed E-state index contributed by atoms with van der Waals surface area (Å²) in [7, 11) is 0. The molecule has 0 fully saturated rings. The fourth-order valence-corrected chi connectivity index (χ4v) is 9.13. The van der Waals surface area contributed by atoms with Gasteiger partial charge in [-0.1, -0.05) is 158 Å². The third-order valence-electron chi connectivity index (χ3n) is 12.2. The predicted molar refractivity (Wildman–Crippen MR) is 274 cm³/mol. The molecule has 11 aromatic rings. The number of rotatable bonds is 11. The Balaban J connectivity index is 1.01. The van der Waals surface area contributed by atoms with Crippen molar-refractivity contribution in [2.45, 2.75) is 0 Å². The Morgan fingerprint density at radius 2 is 0.636 bits per heavy atom. The molecule has 0 saturated carbocycles. The number of para-hydroxylation sites is 2.